The molecule has 0 bridgehead atoms. The Bertz CT molecular complexity index is 609. The highest BCUT2D eigenvalue weighted by atomic mass is 127. The van der Waals surface area contributed by atoms with E-state index in [1.54, 1.807) is 0 Å². The van der Waals surface area contributed by atoms with E-state index in [9.17, 15) is 0 Å². The van der Waals surface area contributed by atoms with Crippen molar-refractivity contribution in [2.45, 2.75) is 64.0 Å². The lowest BCUT2D eigenvalue weighted by molar-refractivity contribution is 0.0626. The van der Waals surface area contributed by atoms with Gasteiger partial charge >= 0.3 is 0 Å². The highest BCUT2D eigenvalue weighted by Crippen LogP contribution is 2.34. The number of nitrogens with one attached hydrogen (secondary N) is 2. The SMILES string of the molecule is CN=C(NCc1cc(C(C)C)no1)NCC1(N2CCSCC2)CCCCC1.I. The smallest absolute Gasteiger partial charge is 0.191 e. The van der Waals surface area contributed by atoms with E-state index < -0.39 is 0 Å². The van der Waals surface area contributed by atoms with Gasteiger partial charge in [-0.3, -0.25) is 9.89 Å². The van der Waals surface area contributed by atoms with Crippen molar-refractivity contribution in [1.29, 1.82) is 0 Å². The van der Waals surface area contributed by atoms with Crippen LogP contribution in [-0.4, -0.2) is 59.7 Å². The molecular formula is C20H36IN5OS. The molecule has 0 spiro atoms. The van der Waals surface area contributed by atoms with Crippen LogP contribution in [-0.2, 0) is 6.54 Å². The second-order valence-corrected chi connectivity index (χ2v) is 9.26. The van der Waals surface area contributed by atoms with Crippen molar-refractivity contribution in [3.8, 4) is 0 Å². The molecule has 1 aliphatic heterocycles. The van der Waals surface area contributed by atoms with E-state index in [0.29, 0.717) is 12.5 Å². The van der Waals surface area contributed by atoms with Crippen molar-refractivity contribution in [3.63, 3.8) is 0 Å². The van der Waals surface area contributed by atoms with Gasteiger partial charge in [0, 0.05) is 49.8 Å². The number of guanidine groups is 1. The Morgan fingerprint density at radius 3 is 2.57 bits per heavy atom. The van der Waals surface area contributed by atoms with E-state index >= 15 is 0 Å². The fourth-order valence-electron chi connectivity index (χ4n) is 4.18. The molecule has 1 aromatic rings. The summed E-state index contributed by atoms with van der Waals surface area (Å²) in [6, 6.07) is 2.03. The fourth-order valence-corrected chi connectivity index (χ4v) is 5.08. The molecule has 2 fully saturated rings. The lowest BCUT2D eigenvalue weighted by atomic mass is 9.80. The fraction of sp³-hybridized carbons (Fsp3) is 0.800. The first-order valence-electron chi connectivity index (χ1n) is 10.4. The Balaban J connectivity index is 0.00000280. The highest BCUT2D eigenvalue weighted by Gasteiger charge is 2.38. The summed E-state index contributed by atoms with van der Waals surface area (Å²) in [5.41, 5.74) is 1.28. The van der Waals surface area contributed by atoms with E-state index in [2.05, 4.69) is 51.3 Å². The average Bonchev–Trinajstić information content (AvgIpc) is 3.19. The third kappa shape index (κ3) is 6.26. The maximum absolute atomic E-state index is 5.42. The summed E-state index contributed by atoms with van der Waals surface area (Å²) in [5.74, 6) is 4.60. The molecule has 1 aliphatic carbocycles. The van der Waals surface area contributed by atoms with Gasteiger partial charge in [-0.2, -0.15) is 11.8 Å². The zero-order valence-corrected chi connectivity index (χ0v) is 20.6. The van der Waals surface area contributed by atoms with E-state index in [0.717, 1.165) is 24.0 Å². The predicted octanol–water partition coefficient (Wildman–Crippen LogP) is 3.83. The molecule has 160 valence electrons. The van der Waals surface area contributed by atoms with Crippen LogP contribution in [0, 0.1) is 0 Å². The first-order valence-corrected chi connectivity index (χ1v) is 11.5. The Labute approximate surface area is 191 Å². The summed E-state index contributed by atoms with van der Waals surface area (Å²) in [6.45, 7) is 8.25. The molecule has 0 aromatic carbocycles. The van der Waals surface area contributed by atoms with Gasteiger partial charge in [0.25, 0.3) is 0 Å². The Hall–Kier alpha value is -0.480. The molecule has 0 unspecified atom stereocenters. The van der Waals surface area contributed by atoms with Crippen LogP contribution in [0.25, 0.3) is 0 Å². The van der Waals surface area contributed by atoms with E-state index in [1.807, 2.05) is 13.1 Å². The topological polar surface area (TPSA) is 65.7 Å². The van der Waals surface area contributed by atoms with Crippen LogP contribution in [0.3, 0.4) is 0 Å². The summed E-state index contributed by atoms with van der Waals surface area (Å²) in [6.07, 6.45) is 6.64. The largest absolute Gasteiger partial charge is 0.359 e. The van der Waals surface area contributed by atoms with Gasteiger partial charge in [0.05, 0.1) is 12.2 Å². The number of hydrogen-bond donors (Lipinski definition) is 2. The third-order valence-electron chi connectivity index (χ3n) is 5.87. The molecule has 1 aromatic heterocycles. The normalized spacial score (nSPS) is 20.6. The van der Waals surface area contributed by atoms with E-state index in [4.69, 9.17) is 4.52 Å². The quantitative estimate of drug-likeness (QED) is 0.337. The second-order valence-electron chi connectivity index (χ2n) is 8.04. The van der Waals surface area contributed by atoms with E-state index in [1.165, 1.54) is 56.7 Å². The summed E-state index contributed by atoms with van der Waals surface area (Å²) >= 11 is 2.09. The van der Waals surface area contributed by atoms with Crippen LogP contribution in [0.2, 0.25) is 0 Å². The molecule has 0 amide bonds. The summed E-state index contributed by atoms with van der Waals surface area (Å²) < 4.78 is 5.42. The Kier molecular flexibility index (Phi) is 9.89. The van der Waals surface area contributed by atoms with Crippen LogP contribution >= 0.6 is 35.7 Å². The number of hydrogen-bond acceptors (Lipinski definition) is 5. The second kappa shape index (κ2) is 11.6. The molecule has 0 radical (unpaired) electrons. The minimum Gasteiger partial charge on any atom is -0.359 e. The van der Waals surface area contributed by atoms with Crippen molar-refractivity contribution in [1.82, 2.24) is 20.7 Å². The van der Waals surface area contributed by atoms with Crippen LogP contribution < -0.4 is 10.6 Å². The minimum absolute atomic E-state index is 0. The van der Waals surface area contributed by atoms with Crippen LogP contribution in [0.15, 0.2) is 15.6 Å². The molecule has 2 heterocycles. The average molecular weight is 522 g/mol. The molecule has 3 rings (SSSR count). The number of halogens is 1. The first kappa shape index (κ1) is 23.8. The van der Waals surface area contributed by atoms with Crippen molar-refractivity contribution in [2.75, 3.05) is 38.2 Å². The molecule has 2 aliphatic rings. The molecule has 2 N–H and O–H groups in total. The molecule has 1 saturated heterocycles. The monoisotopic (exact) mass is 521 g/mol. The number of nitrogens with zero attached hydrogens (tertiary/aromatic N) is 3. The van der Waals surface area contributed by atoms with Gasteiger partial charge in [-0.1, -0.05) is 38.3 Å². The van der Waals surface area contributed by atoms with Gasteiger partial charge in [-0.25, -0.2) is 0 Å². The zero-order valence-electron chi connectivity index (χ0n) is 17.5. The van der Waals surface area contributed by atoms with Crippen molar-refractivity contribution >= 4 is 41.7 Å². The van der Waals surface area contributed by atoms with E-state index in [-0.39, 0.29) is 29.5 Å². The van der Waals surface area contributed by atoms with Crippen molar-refractivity contribution in [2.24, 2.45) is 4.99 Å². The summed E-state index contributed by atoms with van der Waals surface area (Å²) in [5, 5.41) is 11.1. The minimum atomic E-state index is 0. The molecule has 1 saturated carbocycles. The standard InChI is InChI=1S/C20H35N5OS.HI/c1-16(2)18-13-17(26-24-18)14-22-19(21-3)23-15-20(7-5-4-6-8-20)25-9-11-27-12-10-25;/h13,16H,4-12,14-15H2,1-3H3,(H2,21,22,23);1H. The van der Waals surface area contributed by atoms with Crippen LogP contribution in [0.4, 0.5) is 0 Å². The van der Waals surface area contributed by atoms with Crippen molar-refractivity contribution in [3.05, 3.63) is 17.5 Å². The lowest BCUT2D eigenvalue weighted by Gasteiger charge is -2.48. The number of rotatable bonds is 6. The molecule has 28 heavy (non-hydrogen) atoms. The van der Waals surface area contributed by atoms with Gasteiger partial charge in [0.15, 0.2) is 11.7 Å². The number of aliphatic imine (C=N–C) groups is 1. The third-order valence-corrected chi connectivity index (χ3v) is 6.82. The van der Waals surface area contributed by atoms with Gasteiger partial charge < -0.3 is 15.2 Å². The van der Waals surface area contributed by atoms with Crippen LogP contribution in [0.1, 0.15) is 63.3 Å². The summed E-state index contributed by atoms with van der Waals surface area (Å²) in [4.78, 5) is 7.16. The lowest BCUT2D eigenvalue weighted by Crippen LogP contribution is -2.59. The maximum Gasteiger partial charge on any atom is 0.191 e. The molecular weight excluding hydrogens is 485 g/mol. The molecule has 6 nitrogen and oxygen atoms in total. The first-order chi connectivity index (χ1) is 13.1. The van der Waals surface area contributed by atoms with Gasteiger partial charge in [-0.05, 0) is 18.8 Å². The van der Waals surface area contributed by atoms with Gasteiger partial charge in [0.2, 0.25) is 0 Å². The molecule has 0 atom stereocenters. The Morgan fingerprint density at radius 2 is 1.96 bits per heavy atom. The van der Waals surface area contributed by atoms with Gasteiger partial charge in [0.1, 0.15) is 0 Å². The highest BCUT2D eigenvalue weighted by molar-refractivity contribution is 14.0. The van der Waals surface area contributed by atoms with Crippen molar-refractivity contribution < 1.29 is 4.52 Å². The Morgan fingerprint density at radius 1 is 1.25 bits per heavy atom. The van der Waals surface area contributed by atoms with Crippen LogP contribution in [0.5, 0.6) is 0 Å². The number of thioether (sulfide) groups is 1. The molecule has 8 heteroatoms. The summed E-state index contributed by atoms with van der Waals surface area (Å²) in [7, 11) is 1.83. The number of aromatic nitrogens is 1. The maximum atomic E-state index is 5.42. The zero-order chi connectivity index (χ0) is 19.1. The predicted molar refractivity (Wildman–Crippen MR) is 129 cm³/mol. The van der Waals surface area contributed by atoms with Gasteiger partial charge in [-0.15, -0.1) is 24.0 Å².